The smallest absolute Gasteiger partial charge is 0.270 e. The van der Waals surface area contributed by atoms with Crippen LogP contribution >= 0.6 is 0 Å². The van der Waals surface area contributed by atoms with Crippen molar-refractivity contribution < 1.29 is 9.59 Å². The van der Waals surface area contributed by atoms with Crippen molar-refractivity contribution in [2.24, 2.45) is 0 Å². The molecule has 0 bridgehead atoms. The number of hydrogen-bond donors (Lipinski definition) is 1. The standard InChI is InChI=1S/C16H25N5O2/c1-4-5-6-17-15(23)14-11-12(2)18-16(19-14)21-9-7-20(8-10-21)13(3)22/h11H,4-10H2,1-3H3,(H,17,23). The molecule has 7 nitrogen and oxygen atoms in total. The fourth-order valence-electron chi connectivity index (χ4n) is 2.50. The number of carbonyl (C=O) groups is 2. The van der Waals surface area contributed by atoms with Gasteiger partial charge in [0.2, 0.25) is 11.9 Å². The monoisotopic (exact) mass is 319 g/mol. The highest BCUT2D eigenvalue weighted by molar-refractivity contribution is 5.92. The van der Waals surface area contributed by atoms with Gasteiger partial charge in [0.15, 0.2) is 0 Å². The first-order chi connectivity index (χ1) is 11.0. The van der Waals surface area contributed by atoms with Gasteiger partial charge in [0.05, 0.1) is 0 Å². The van der Waals surface area contributed by atoms with Crippen molar-refractivity contribution in [2.45, 2.75) is 33.6 Å². The normalized spacial score (nSPS) is 14.7. The number of anilines is 1. The van der Waals surface area contributed by atoms with Crippen LogP contribution < -0.4 is 10.2 Å². The Balaban J connectivity index is 2.05. The fraction of sp³-hybridized carbons (Fsp3) is 0.625. The third-order valence-electron chi connectivity index (χ3n) is 3.90. The van der Waals surface area contributed by atoms with Crippen molar-refractivity contribution >= 4 is 17.8 Å². The number of aromatic nitrogens is 2. The van der Waals surface area contributed by atoms with E-state index in [9.17, 15) is 9.59 Å². The maximum Gasteiger partial charge on any atom is 0.270 e. The Kier molecular flexibility index (Phi) is 5.90. The largest absolute Gasteiger partial charge is 0.351 e. The summed E-state index contributed by atoms with van der Waals surface area (Å²) in [7, 11) is 0. The molecule has 0 saturated carbocycles. The topological polar surface area (TPSA) is 78.4 Å². The molecule has 126 valence electrons. The van der Waals surface area contributed by atoms with Gasteiger partial charge < -0.3 is 15.1 Å². The molecule has 1 aromatic heterocycles. The van der Waals surface area contributed by atoms with Crippen LogP contribution in [0.5, 0.6) is 0 Å². The molecule has 2 rings (SSSR count). The van der Waals surface area contributed by atoms with Gasteiger partial charge in [-0.1, -0.05) is 13.3 Å². The Morgan fingerprint density at radius 1 is 1.22 bits per heavy atom. The second-order valence-corrected chi connectivity index (χ2v) is 5.80. The van der Waals surface area contributed by atoms with Gasteiger partial charge in [-0.05, 0) is 19.4 Å². The summed E-state index contributed by atoms with van der Waals surface area (Å²) in [4.78, 5) is 36.2. The van der Waals surface area contributed by atoms with Crippen molar-refractivity contribution in [3.8, 4) is 0 Å². The fourth-order valence-corrected chi connectivity index (χ4v) is 2.50. The van der Waals surface area contributed by atoms with Crippen molar-refractivity contribution in [1.29, 1.82) is 0 Å². The summed E-state index contributed by atoms with van der Waals surface area (Å²) >= 11 is 0. The number of nitrogens with one attached hydrogen (secondary N) is 1. The SMILES string of the molecule is CCCCNC(=O)c1cc(C)nc(N2CCN(C(C)=O)CC2)n1. The highest BCUT2D eigenvalue weighted by atomic mass is 16.2. The lowest BCUT2D eigenvalue weighted by atomic mass is 10.3. The predicted octanol–water partition coefficient (Wildman–Crippen LogP) is 0.983. The van der Waals surface area contributed by atoms with Gasteiger partial charge in [0.1, 0.15) is 5.69 Å². The molecule has 1 aliphatic heterocycles. The molecule has 2 amide bonds. The molecule has 0 radical (unpaired) electrons. The zero-order chi connectivity index (χ0) is 16.8. The highest BCUT2D eigenvalue weighted by Gasteiger charge is 2.21. The molecule has 1 fully saturated rings. The van der Waals surface area contributed by atoms with E-state index in [1.807, 2.05) is 16.7 Å². The minimum absolute atomic E-state index is 0.0887. The predicted molar refractivity (Wildman–Crippen MR) is 88.5 cm³/mol. The highest BCUT2D eigenvalue weighted by Crippen LogP contribution is 2.13. The first-order valence-corrected chi connectivity index (χ1v) is 8.15. The molecule has 23 heavy (non-hydrogen) atoms. The van der Waals surface area contributed by atoms with Crippen LogP contribution in [0.4, 0.5) is 5.95 Å². The number of carbonyl (C=O) groups excluding carboxylic acids is 2. The quantitative estimate of drug-likeness (QED) is 0.819. The van der Waals surface area contributed by atoms with E-state index in [0.717, 1.165) is 18.5 Å². The summed E-state index contributed by atoms with van der Waals surface area (Å²) in [6.07, 6.45) is 1.99. The maximum atomic E-state index is 12.2. The van der Waals surface area contributed by atoms with Crippen LogP contribution in [0.25, 0.3) is 0 Å². The van der Waals surface area contributed by atoms with Gasteiger partial charge in [-0.15, -0.1) is 0 Å². The lowest BCUT2D eigenvalue weighted by molar-refractivity contribution is -0.129. The second-order valence-electron chi connectivity index (χ2n) is 5.80. The third-order valence-corrected chi connectivity index (χ3v) is 3.90. The zero-order valence-corrected chi connectivity index (χ0v) is 14.1. The molecular formula is C16H25N5O2. The Bertz CT molecular complexity index is 568. The number of hydrogen-bond acceptors (Lipinski definition) is 5. The molecule has 0 aliphatic carbocycles. The van der Waals surface area contributed by atoms with Gasteiger partial charge in [-0.25, -0.2) is 9.97 Å². The lowest BCUT2D eigenvalue weighted by Crippen LogP contribution is -2.48. The van der Waals surface area contributed by atoms with Crippen LogP contribution in [0.2, 0.25) is 0 Å². The summed E-state index contributed by atoms with van der Waals surface area (Å²) < 4.78 is 0. The number of amides is 2. The molecule has 1 saturated heterocycles. The van der Waals surface area contributed by atoms with Crippen LogP contribution in [0.1, 0.15) is 42.9 Å². The van der Waals surface area contributed by atoms with E-state index in [2.05, 4.69) is 22.2 Å². The Morgan fingerprint density at radius 2 is 1.91 bits per heavy atom. The van der Waals surface area contributed by atoms with E-state index in [-0.39, 0.29) is 11.8 Å². The van der Waals surface area contributed by atoms with Gasteiger partial charge in [0, 0.05) is 45.3 Å². The van der Waals surface area contributed by atoms with E-state index in [1.54, 1.807) is 13.0 Å². The zero-order valence-electron chi connectivity index (χ0n) is 14.1. The second kappa shape index (κ2) is 7.89. The molecule has 0 unspecified atom stereocenters. The van der Waals surface area contributed by atoms with E-state index < -0.39 is 0 Å². The lowest BCUT2D eigenvalue weighted by Gasteiger charge is -2.34. The van der Waals surface area contributed by atoms with Gasteiger partial charge in [-0.2, -0.15) is 0 Å². The van der Waals surface area contributed by atoms with Crippen molar-refractivity contribution in [3.05, 3.63) is 17.5 Å². The third kappa shape index (κ3) is 4.64. The van der Waals surface area contributed by atoms with Crippen LogP contribution in [0, 0.1) is 6.92 Å². The van der Waals surface area contributed by atoms with Gasteiger partial charge in [-0.3, -0.25) is 9.59 Å². The first-order valence-electron chi connectivity index (χ1n) is 8.15. The summed E-state index contributed by atoms with van der Waals surface area (Å²) in [5.41, 5.74) is 1.17. The van der Waals surface area contributed by atoms with E-state index >= 15 is 0 Å². The van der Waals surface area contributed by atoms with Gasteiger partial charge in [0.25, 0.3) is 5.91 Å². The maximum absolute atomic E-state index is 12.2. The molecule has 0 atom stereocenters. The summed E-state index contributed by atoms with van der Waals surface area (Å²) in [5.74, 6) is 0.493. The number of rotatable bonds is 5. The van der Waals surface area contributed by atoms with E-state index in [1.165, 1.54) is 0 Å². The summed E-state index contributed by atoms with van der Waals surface area (Å²) in [5, 5.41) is 2.88. The average Bonchev–Trinajstić information content (AvgIpc) is 2.54. The van der Waals surface area contributed by atoms with E-state index in [4.69, 9.17) is 0 Å². The minimum atomic E-state index is -0.160. The number of nitrogens with zero attached hydrogens (tertiary/aromatic N) is 4. The average molecular weight is 319 g/mol. The Morgan fingerprint density at radius 3 is 2.52 bits per heavy atom. The minimum Gasteiger partial charge on any atom is -0.351 e. The molecule has 1 aliphatic rings. The van der Waals surface area contributed by atoms with Crippen LogP contribution in [-0.2, 0) is 4.79 Å². The molecule has 7 heteroatoms. The Hall–Kier alpha value is -2.18. The summed E-state index contributed by atoms with van der Waals surface area (Å²) in [6, 6.07) is 1.70. The number of piperazine rings is 1. The first kappa shape index (κ1) is 17.2. The van der Waals surface area contributed by atoms with Crippen molar-refractivity contribution in [1.82, 2.24) is 20.2 Å². The van der Waals surface area contributed by atoms with Crippen molar-refractivity contribution in [3.63, 3.8) is 0 Å². The van der Waals surface area contributed by atoms with Crippen molar-refractivity contribution in [2.75, 3.05) is 37.6 Å². The molecule has 0 aromatic carbocycles. The van der Waals surface area contributed by atoms with Gasteiger partial charge >= 0.3 is 0 Å². The number of aryl methyl sites for hydroxylation is 1. The number of unbranched alkanes of at least 4 members (excludes halogenated alkanes) is 1. The molecule has 1 aromatic rings. The van der Waals surface area contributed by atoms with Crippen LogP contribution in [0.3, 0.4) is 0 Å². The Labute approximate surface area is 137 Å². The molecule has 0 spiro atoms. The van der Waals surface area contributed by atoms with Crippen LogP contribution in [-0.4, -0.2) is 59.4 Å². The molecular weight excluding hydrogens is 294 g/mol. The van der Waals surface area contributed by atoms with Crippen LogP contribution in [0.15, 0.2) is 6.07 Å². The molecule has 2 heterocycles. The van der Waals surface area contributed by atoms with E-state index in [0.29, 0.717) is 44.4 Å². The summed E-state index contributed by atoms with van der Waals surface area (Å²) in [6.45, 7) is 8.86. The molecule has 1 N–H and O–H groups in total.